The highest BCUT2D eigenvalue weighted by Gasteiger charge is 2.22. The topological polar surface area (TPSA) is 24.9 Å². The normalized spacial score (nSPS) is 12.2. The Morgan fingerprint density at radius 1 is 0.667 bits per heavy atom. The molecule has 0 saturated heterocycles. The van der Waals surface area contributed by atoms with Crippen LogP contribution in [0.4, 0.5) is 5.69 Å². The third-order valence-corrected chi connectivity index (χ3v) is 6.15. The fourth-order valence-electron chi connectivity index (χ4n) is 4.42. The molecule has 2 heteroatoms. The largest absolute Gasteiger partial charge is 0.372 e. The molecular formula is C31H34N2. The lowest BCUT2D eigenvalue weighted by Gasteiger charge is -2.27. The second kappa shape index (κ2) is 10.0. The van der Waals surface area contributed by atoms with E-state index in [1.165, 1.54) is 27.9 Å². The molecule has 168 valence electrons. The van der Waals surface area contributed by atoms with Gasteiger partial charge in [-0.05, 0) is 47.6 Å². The van der Waals surface area contributed by atoms with Crippen molar-refractivity contribution >= 4 is 5.69 Å². The molecule has 0 spiro atoms. The van der Waals surface area contributed by atoms with Crippen molar-refractivity contribution in [2.45, 2.75) is 52.5 Å². The van der Waals surface area contributed by atoms with E-state index in [-0.39, 0.29) is 6.04 Å². The van der Waals surface area contributed by atoms with Gasteiger partial charge in [-0.3, -0.25) is 4.98 Å². The van der Waals surface area contributed by atoms with Crippen LogP contribution in [0.1, 0.15) is 73.5 Å². The Labute approximate surface area is 198 Å². The molecule has 0 amide bonds. The zero-order chi connectivity index (χ0) is 23.4. The van der Waals surface area contributed by atoms with Gasteiger partial charge in [-0.1, -0.05) is 112 Å². The highest BCUT2D eigenvalue weighted by Crippen LogP contribution is 2.37. The van der Waals surface area contributed by atoms with Crippen LogP contribution in [0.5, 0.6) is 0 Å². The summed E-state index contributed by atoms with van der Waals surface area (Å²) in [5.74, 6) is 0.842. The smallest absolute Gasteiger partial charge is 0.0940 e. The van der Waals surface area contributed by atoms with Crippen LogP contribution in [0.3, 0.4) is 0 Å². The predicted molar refractivity (Wildman–Crippen MR) is 141 cm³/mol. The molecule has 2 nitrogen and oxygen atoms in total. The maximum atomic E-state index is 5.12. The lowest BCUT2D eigenvalue weighted by atomic mass is 9.89. The third-order valence-electron chi connectivity index (χ3n) is 6.15. The van der Waals surface area contributed by atoms with Crippen molar-refractivity contribution in [3.05, 3.63) is 119 Å². The SMILES string of the molecule is Cc1cc(C(C)C)c(NC(c2ccccc2)c2cccc(-c3ccccc3)n2)c(C(C)C)c1. The van der Waals surface area contributed by atoms with Crippen LogP contribution in [0, 0.1) is 6.92 Å². The van der Waals surface area contributed by atoms with Gasteiger partial charge < -0.3 is 5.32 Å². The van der Waals surface area contributed by atoms with Gasteiger partial charge in [0.2, 0.25) is 0 Å². The lowest BCUT2D eigenvalue weighted by Crippen LogP contribution is -2.17. The number of hydrogen-bond acceptors (Lipinski definition) is 2. The number of rotatable bonds is 7. The maximum Gasteiger partial charge on any atom is 0.0940 e. The Kier molecular flexibility index (Phi) is 6.93. The van der Waals surface area contributed by atoms with Gasteiger partial charge in [0, 0.05) is 11.3 Å². The van der Waals surface area contributed by atoms with E-state index in [9.17, 15) is 0 Å². The summed E-state index contributed by atoms with van der Waals surface area (Å²) < 4.78 is 0. The average Bonchev–Trinajstić information content (AvgIpc) is 2.83. The van der Waals surface area contributed by atoms with E-state index in [4.69, 9.17) is 4.98 Å². The van der Waals surface area contributed by atoms with Crippen LogP contribution in [0.25, 0.3) is 11.3 Å². The molecule has 1 aromatic heterocycles. The minimum absolute atomic E-state index is 0.0485. The molecular weight excluding hydrogens is 400 g/mol. The minimum atomic E-state index is -0.0485. The van der Waals surface area contributed by atoms with Gasteiger partial charge in [0.25, 0.3) is 0 Å². The van der Waals surface area contributed by atoms with Gasteiger partial charge in [0.1, 0.15) is 0 Å². The number of nitrogens with one attached hydrogen (secondary N) is 1. The minimum Gasteiger partial charge on any atom is -0.372 e. The van der Waals surface area contributed by atoms with E-state index in [0.717, 1.165) is 17.0 Å². The van der Waals surface area contributed by atoms with Gasteiger partial charge in [-0.25, -0.2) is 0 Å². The number of pyridine rings is 1. The van der Waals surface area contributed by atoms with E-state index in [1.54, 1.807) is 0 Å². The molecule has 1 unspecified atom stereocenters. The molecule has 1 atom stereocenters. The Morgan fingerprint density at radius 3 is 1.82 bits per heavy atom. The number of nitrogens with zero attached hydrogens (tertiary/aromatic N) is 1. The molecule has 33 heavy (non-hydrogen) atoms. The first-order chi connectivity index (χ1) is 15.9. The van der Waals surface area contributed by atoms with Crippen LogP contribution in [0.15, 0.2) is 91.0 Å². The Morgan fingerprint density at radius 2 is 1.24 bits per heavy atom. The van der Waals surface area contributed by atoms with E-state index in [0.29, 0.717) is 11.8 Å². The first kappa shape index (κ1) is 22.8. The molecule has 1 heterocycles. The molecule has 0 bridgehead atoms. The maximum absolute atomic E-state index is 5.12. The number of benzene rings is 3. The van der Waals surface area contributed by atoms with Gasteiger partial charge in [-0.15, -0.1) is 0 Å². The van der Waals surface area contributed by atoms with Crippen molar-refractivity contribution < 1.29 is 0 Å². The number of hydrogen-bond donors (Lipinski definition) is 1. The molecule has 0 fully saturated rings. The molecule has 3 aromatic carbocycles. The second-order valence-electron chi connectivity index (χ2n) is 9.43. The Bertz CT molecular complexity index is 1170. The van der Waals surface area contributed by atoms with Crippen molar-refractivity contribution in [3.63, 3.8) is 0 Å². The standard InChI is InChI=1S/C31H34N2/c1-21(2)26-19-23(5)20-27(22(3)4)31(26)33-30(25-15-10-7-11-16-25)29-18-12-17-28(32-29)24-13-8-6-9-14-24/h6-22,30,33H,1-5H3. The van der Waals surface area contributed by atoms with Crippen molar-refractivity contribution in [2.24, 2.45) is 0 Å². The molecule has 0 saturated carbocycles. The van der Waals surface area contributed by atoms with Crippen LogP contribution in [-0.4, -0.2) is 4.98 Å². The average molecular weight is 435 g/mol. The van der Waals surface area contributed by atoms with Crippen molar-refractivity contribution in [1.82, 2.24) is 4.98 Å². The van der Waals surface area contributed by atoms with E-state index < -0.39 is 0 Å². The summed E-state index contributed by atoms with van der Waals surface area (Å²) in [7, 11) is 0. The lowest BCUT2D eigenvalue weighted by molar-refractivity contribution is 0.812. The zero-order valence-electron chi connectivity index (χ0n) is 20.3. The van der Waals surface area contributed by atoms with Gasteiger partial charge >= 0.3 is 0 Å². The fourth-order valence-corrected chi connectivity index (χ4v) is 4.42. The molecule has 0 aliphatic rings. The summed E-state index contributed by atoms with van der Waals surface area (Å²) in [5.41, 5.74) is 9.63. The van der Waals surface area contributed by atoms with Gasteiger partial charge in [-0.2, -0.15) is 0 Å². The molecule has 4 aromatic rings. The van der Waals surface area contributed by atoms with E-state index in [1.807, 2.05) is 6.07 Å². The summed E-state index contributed by atoms with van der Waals surface area (Å²) in [6.45, 7) is 11.3. The van der Waals surface area contributed by atoms with Gasteiger partial charge in [0.15, 0.2) is 0 Å². The van der Waals surface area contributed by atoms with E-state index in [2.05, 4.69) is 125 Å². The van der Waals surface area contributed by atoms with Crippen LogP contribution >= 0.6 is 0 Å². The zero-order valence-corrected chi connectivity index (χ0v) is 20.3. The van der Waals surface area contributed by atoms with Crippen LogP contribution < -0.4 is 5.32 Å². The highest BCUT2D eigenvalue weighted by molar-refractivity contribution is 5.64. The Balaban J connectivity index is 1.85. The first-order valence-electron chi connectivity index (χ1n) is 11.9. The third kappa shape index (κ3) is 5.17. The Hall–Kier alpha value is -3.39. The highest BCUT2D eigenvalue weighted by atomic mass is 15.0. The molecule has 0 aliphatic carbocycles. The molecule has 0 radical (unpaired) electrons. The van der Waals surface area contributed by atoms with Gasteiger partial charge in [0.05, 0.1) is 17.4 Å². The number of aryl methyl sites for hydroxylation is 1. The summed E-state index contributed by atoms with van der Waals surface area (Å²) in [6, 6.07) is 32.0. The summed E-state index contributed by atoms with van der Waals surface area (Å²) >= 11 is 0. The fraction of sp³-hybridized carbons (Fsp3) is 0.258. The molecule has 4 rings (SSSR count). The van der Waals surface area contributed by atoms with Crippen molar-refractivity contribution in [2.75, 3.05) is 5.32 Å². The number of aromatic nitrogens is 1. The molecule has 0 aliphatic heterocycles. The molecule has 1 N–H and O–H groups in total. The van der Waals surface area contributed by atoms with Crippen LogP contribution in [-0.2, 0) is 0 Å². The first-order valence-corrected chi connectivity index (χ1v) is 11.9. The van der Waals surface area contributed by atoms with E-state index >= 15 is 0 Å². The summed E-state index contributed by atoms with van der Waals surface area (Å²) in [6.07, 6.45) is 0. The summed E-state index contributed by atoms with van der Waals surface area (Å²) in [4.78, 5) is 5.12. The quantitative estimate of drug-likeness (QED) is 0.315. The monoisotopic (exact) mass is 434 g/mol. The summed E-state index contributed by atoms with van der Waals surface area (Å²) in [5, 5.41) is 3.95. The number of anilines is 1. The van der Waals surface area contributed by atoms with Crippen LogP contribution in [0.2, 0.25) is 0 Å². The van der Waals surface area contributed by atoms with Crippen molar-refractivity contribution in [3.8, 4) is 11.3 Å². The second-order valence-corrected chi connectivity index (χ2v) is 9.43. The predicted octanol–water partition coefficient (Wildman–Crippen LogP) is 8.51. The van der Waals surface area contributed by atoms with Crippen molar-refractivity contribution in [1.29, 1.82) is 0 Å².